The van der Waals surface area contributed by atoms with Gasteiger partial charge in [-0.05, 0) is 27.9 Å². The summed E-state index contributed by atoms with van der Waals surface area (Å²) in [6.07, 6.45) is 1.73. The number of aromatic nitrogens is 3. The van der Waals surface area contributed by atoms with Gasteiger partial charge in [0.15, 0.2) is 0 Å². The third-order valence-electron chi connectivity index (χ3n) is 2.63. The molecular formula is C9H19N5. The summed E-state index contributed by atoms with van der Waals surface area (Å²) in [4.78, 5) is 2.18. The molecule has 0 aromatic carbocycles. The zero-order valence-corrected chi connectivity index (χ0v) is 9.57. The number of nitrogens with one attached hydrogen (secondary N) is 1. The predicted octanol–water partition coefficient (Wildman–Crippen LogP) is 0.567. The average Bonchev–Trinajstić information content (AvgIpc) is 2.47. The highest BCUT2D eigenvalue weighted by atomic mass is 15.4. The van der Waals surface area contributed by atoms with Crippen LogP contribution in [-0.4, -0.2) is 46.1 Å². The first-order chi connectivity index (χ1) is 6.43. The van der Waals surface area contributed by atoms with Gasteiger partial charge in [0.25, 0.3) is 0 Å². The largest absolute Gasteiger partial charge is 0.367 e. The zero-order chi connectivity index (χ0) is 10.8. The van der Waals surface area contributed by atoms with Gasteiger partial charge in [-0.25, -0.2) is 4.68 Å². The molecule has 1 aromatic heterocycles. The molecule has 0 amide bonds. The molecule has 1 rings (SSSR count). The molecule has 0 aliphatic carbocycles. The van der Waals surface area contributed by atoms with Crippen LogP contribution in [0, 0.1) is 0 Å². The molecule has 0 saturated carbocycles. The molecule has 80 valence electrons. The lowest BCUT2D eigenvalue weighted by Crippen LogP contribution is -2.44. The summed E-state index contributed by atoms with van der Waals surface area (Å²) in [7, 11) is 6.02. The Labute approximate surface area is 85.1 Å². The van der Waals surface area contributed by atoms with Crippen molar-refractivity contribution in [1.82, 2.24) is 19.9 Å². The Morgan fingerprint density at radius 3 is 2.57 bits per heavy atom. The van der Waals surface area contributed by atoms with E-state index in [9.17, 15) is 0 Å². The minimum atomic E-state index is 0.115. The topological polar surface area (TPSA) is 46.0 Å². The summed E-state index contributed by atoms with van der Waals surface area (Å²) in [6, 6.07) is 0. The van der Waals surface area contributed by atoms with Gasteiger partial charge in [0, 0.05) is 19.1 Å². The van der Waals surface area contributed by atoms with Crippen LogP contribution in [0.3, 0.4) is 0 Å². The van der Waals surface area contributed by atoms with Crippen LogP contribution in [0.5, 0.6) is 0 Å². The first-order valence-electron chi connectivity index (χ1n) is 4.69. The molecule has 0 aliphatic heterocycles. The van der Waals surface area contributed by atoms with Gasteiger partial charge in [-0.15, -0.1) is 5.10 Å². The molecule has 0 aliphatic rings. The Bertz CT molecular complexity index is 289. The summed E-state index contributed by atoms with van der Waals surface area (Å²) in [5.74, 6) is 0.944. The molecule has 0 unspecified atom stereocenters. The van der Waals surface area contributed by atoms with Crippen molar-refractivity contribution >= 4 is 5.82 Å². The average molecular weight is 197 g/mol. The lowest BCUT2D eigenvalue weighted by atomic mass is 10.0. The molecule has 5 nitrogen and oxygen atoms in total. The van der Waals surface area contributed by atoms with Crippen LogP contribution < -0.4 is 5.32 Å². The molecule has 0 atom stereocenters. The maximum atomic E-state index is 3.85. The van der Waals surface area contributed by atoms with E-state index >= 15 is 0 Å². The maximum Gasteiger partial charge on any atom is 0.144 e. The smallest absolute Gasteiger partial charge is 0.144 e. The molecular weight excluding hydrogens is 178 g/mol. The van der Waals surface area contributed by atoms with Crippen LogP contribution >= 0.6 is 0 Å². The predicted molar refractivity (Wildman–Crippen MR) is 57.3 cm³/mol. The van der Waals surface area contributed by atoms with Crippen molar-refractivity contribution in [3.05, 3.63) is 6.20 Å². The third-order valence-corrected chi connectivity index (χ3v) is 2.63. The van der Waals surface area contributed by atoms with Gasteiger partial charge in [-0.2, -0.15) is 0 Å². The normalized spacial score (nSPS) is 12.1. The zero-order valence-electron chi connectivity index (χ0n) is 9.57. The second-order valence-electron chi connectivity index (χ2n) is 4.30. The monoisotopic (exact) mass is 197 g/mol. The van der Waals surface area contributed by atoms with E-state index in [2.05, 4.69) is 48.5 Å². The van der Waals surface area contributed by atoms with Gasteiger partial charge in [-0.1, -0.05) is 5.21 Å². The second kappa shape index (κ2) is 3.96. The fourth-order valence-corrected chi connectivity index (χ4v) is 0.915. The van der Waals surface area contributed by atoms with Crippen LogP contribution in [0.2, 0.25) is 0 Å². The minimum absolute atomic E-state index is 0.115. The van der Waals surface area contributed by atoms with Crippen molar-refractivity contribution in [3.8, 4) is 0 Å². The molecule has 1 heterocycles. The summed E-state index contributed by atoms with van der Waals surface area (Å²) >= 11 is 0. The van der Waals surface area contributed by atoms with Gasteiger partial charge >= 0.3 is 0 Å². The number of anilines is 1. The molecule has 0 saturated heterocycles. The number of hydrogen-bond donors (Lipinski definition) is 1. The Hall–Kier alpha value is -1.10. The molecule has 0 bridgehead atoms. The van der Waals surface area contributed by atoms with Crippen molar-refractivity contribution in [1.29, 1.82) is 0 Å². The molecule has 0 spiro atoms. The van der Waals surface area contributed by atoms with Crippen molar-refractivity contribution < 1.29 is 0 Å². The van der Waals surface area contributed by atoms with Gasteiger partial charge in [0.05, 0.1) is 6.20 Å². The van der Waals surface area contributed by atoms with Crippen molar-refractivity contribution in [2.24, 2.45) is 7.05 Å². The van der Waals surface area contributed by atoms with Crippen molar-refractivity contribution in [2.75, 3.05) is 26.0 Å². The standard InChI is InChI=1S/C9H19N5/c1-9(2,13(3)4)7-10-8-6-11-12-14(8)5/h6,10H,7H2,1-5H3. The van der Waals surface area contributed by atoms with Crippen LogP contribution in [0.15, 0.2) is 6.20 Å². The highest BCUT2D eigenvalue weighted by molar-refractivity contribution is 5.31. The highest BCUT2D eigenvalue weighted by Crippen LogP contribution is 2.11. The number of nitrogens with zero attached hydrogens (tertiary/aromatic N) is 4. The molecule has 0 fully saturated rings. The van der Waals surface area contributed by atoms with Gasteiger partial charge < -0.3 is 10.2 Å². The molecule has 1 N–H and O–H groups in total. The molecule has 1 aromatic rings. The van der Waals surface area contributed by atoms with E-state index in [0.29, 0.717) is 0 Å². The fraction of sp³-hybridized carbons (Fsp3) is 0.778. The quantitative estimate of drug-likeness (QED) is 0.766. The van der Waals surface area contributed by atoms with Gasteiger partial charge in [0.1, 0.15) is 5.82 Å². The SMILES string of the molecule is CN(C)C(C)(C)CNc1cnnn1C. The highest BCUT2D eigenvalue weighted by Gasteiger charge is 2.20. The van der Waals surface area contributed by atoms with E-state index in [1.54, 1.807) is 10.9 Å². The maximum absolute atomic E-state index is 3.85. The van der Waals surface area contributed by atoms with E-state index in [-0.39, 0.29) is 5.54 Å². The van der Waals surface area contributed by atoms with Crippen molar-refractivity contribution in [2.45, 2.75) is 19.4 Å². The molecule has 5 heteroatoms. The lowest BCUT2D eigenvalue weighted by Gasteiger charge is -2.32. The Balaban J connectivity index is 2.53. The number of likely N-dealkylation sites (N-methyl/N-ethyl adjacent to an activating group) is 1. The fourth-order valence-electron chi connectivity index (χ4n) is 0.915. The first-order valence-corrected chi connectivity index (χ1v) is 4.69. The Kier molecular flexibility index (Phi) is 3.10. The van der Waals surface area contributed by atoms with Crippen LogP contribution in [0.4, 0.5) is 5.82 Å². The van der Waals surface area contributed by atoms with Crippen LogP contribution in [0.1, 0.15) is 13.8 Å². The summed E-state index contributed by atoms with van der Waals surface area (Å²) in [6.45, 7) is 5.23. The van der Waals surface area contributed by atoms with E-state index in [1.807, 2.05) is 7.05 Å². The van der Waals surface area contributed by atoms with E-state index in [0.717, 1.165) is 12.4 Å². The lowest BCUT2D eigenvalue weighted by molar-refractivity contribution is 0.209. The number of hydrogen-bond acceptors (Lipinski definition) is 4. The van der Waals surface area contributed by atoms with Gasteiger partial charge in [0.2, 0.25) is 0 Å². The summed E-state index contributed by atoms with van der Waals surface area (Å²) < 4.78 is 1.73. The Morgan fingerprint density at radius 1 is 1.50 bits per heavy atom. The van der Waals surface area contributed by atoms with Gasteiger partial charge in [-0.3, -0.25) is 0 Å². The summed E-state index contributed by atoms with van der Waals surface area (Å²) in [5, 5.41) is 11.0. The summed E-state index contributed by atoms with van der Waals surface area (Å²) in [5.41, 5.74) is 0.115. The first kappa shape index (κ1) is 11.0. The van der Waals surface area contributed by atoms with E-state index in [4.69, 9.17) is 0 Å². The molecule has 14 heavy (non-hydrogen) atoms. The minimum Gasteiger partial charge on any atom is -0.367 e. The number of aryl methyl sites for hydroxylation is 1. The van der Waals surface area contributed by atoms with Crippen molar-refractivity contribution in [3.63, 3.8) is 0 Å². The van der Waals surface area contributed by atoms with Crippen LogP contribution in [-0.2, 0) is 7.05 Å². The number of rotatable bonds is 4. The third kappa shape index (κ3) is 2.45. The van der Waals surface area contributed by atoms with Crippen LogP contribution in [0.25, 0.3) is 0 Å². The van der Waals surface area contributed by atoms with E-state index in [1.165, 1.54) is 0 Å². The second-order valence-corrected chi connectivity index (χ2v) is 4.30. The van der Waals surface area contributed by atoms with E-state index < -0.39 is 0 Å². The Morgan fingerprint density at radius 2 is 2.14 bits per heavy atom. The molecule has 0 radical (unpaired) electrons.